The van der Waals surface area contributed by atoms with E-state index in [1.54, 1.807) is 6.07 Å². The van der Waals surface area contributed by atoms with Gasteiger partial charge in [0, 0.05) is 11.6 Å². The van der Waals surface area contributed by atoms with Crippen molar-refractivity contribution in [2.75, 3.05) is 0 Å². The number of carbonyl (C=O) groups is 1. The Morgan fingerprint density at radius 2 is 2.27 bits per heavy atom. The standard InChI is InChI=1S/C11H12ClNOS/c1-6-5-8(15)9(11(12)13-6)10(14)7-3-2-4-7/h5,7H,2-4H2,1H3,(H,13,15). The van der Waals surface area contributed by atoms with Crippen LogP contribution in [0.25, 0.3) is 0 Å². The SMILES string of the molecule is Cc1cc(=S)c(C(=O)C2CCC2)c(Cl)[nH]1. The number of hydrogen-bond acceptors (Lipinski definition) is 2. The first-order valence-corrected chi connectivity index (χ1v) is 5.82. The molecule has 0 spiro atoms. The van der Waals surface area contributed by atoms with Gasteiger partial charge in [0.05, 0.1) is 10.1 Å². The van der Waals surface area contributed by atoms with E-state index >= 15 is 0 Å². The molecule has 0 saturated heterocycles. The molecule has 0 radical (unpaired) electrons. The zero-order valence-electron chi connectivity index (χ0n) is 8.47. The summed E-state index contributed by atoms with van der Waals surface area (Å²) in [6.07, 6.45) is 3.08. The van der Waals surface area contributed by atoms with E-state index in [9.17, 15) is 4.79 Å². The van der Waals surface area contributed by atoms with Crippen molar-refractivity contribution in [3.63, 3.8) is 0 Å². The molecular weight excluding hydrogens is 230 g/mol. The zero-order chi connectivity index (χ0) is 11.0. The molecule has 1 saturated carbocycles. The quantitative estimate of drug-likeness (QED) is 0.487. The number of aromatic amines is 1. The second-order valence-electron chi connectivity index (χ2n) is 4.00. The van der Waals surface area contributed by atoms with Crippen molar-refractivity contribution < 1.29 is 4.79 Å². The molecule has 1 aliphatic rings. The summed E-state index contributed by atoms with van der Waals surface area (Å²) in [7, 11) is 0. The van der Waals surface area contributed by atoms with E-state index in [1.807, 2.05) is 6.92 Å². The van der Waals surface area contributed by atoms with E-state index in [2.05, 4.69) is 4.98 Å². The highest BCUT2D eigenvalue weighted by Gasteiger charge is 2.28. The minimum Gasteiger partial charge on any atom is -0.349 e. The summed E-state index contributed by atoms with van der Waals surface area (Å²) in [4.78, 5) is 15.0. The average molecular weight is 242 g/mol. The third-order valence-electron chi connectivity index (χ3n) is 2.84. The molecule has 1 aromatic heterocycles. The minimum absolute atomic E-state index is 0.104. The molecular formula is C11H12ClNOS. The Morgan fingerprint density at radius 3 is 2.73 bits per heavy atom. The van der Waals surface area contributed by atoms with Gasteiger partial charge in [-0.05, 0) is 25.8 Å². The van der Waals surface area contributed by atoms with Crippen molar-refractivity contribution in [3.8, 4) is 0 Å². The number of H-pyrrole nitrogens is 1. The Morgan fingerprint density at radius 1 is 1.60 bits per heavy atom. The van der Waals surface area contributed by atoms with Crippen molar-refractivity contribution in [2.24, 2.45) is 5.92 Å². The largest absolute Gasteiger partial charge is 0.349 e. The van der Waals surface area contributed by atoms with Crippen LogP contribution in [0.1, 0.15) is 35.3 Å². The van der Waals surface area contributed by atoms with Crippen molar-refractivity contribution in [3.05, 3.63) is 27.0 Å². The summed E-state index contributed by atoms with van der Waals surface area (Å²) < 4.78 is 0.563. The van der Waals surface area contributed by atoms with Gasteiger partial charge in [0.1, 0.15) is 5.15 Å². The van der Waals surface area contributed by atoms with Crippen molar-refractivity contribution in [1.29, 1.82) is 0 Å². The van der Waals surface area contributed by atoms with Gasteiger partial charge in [0.25, 0.3) is 0 Å². The third-order valence-corrected chi connectivity index (χ3v) is 3.45. The highest BCUT2D eigenvalue weighted by Crippen LogP contribution is 2.31. The number of halogens is 1. The lowest BCUT2D eigenvalue weighted by atomic mass is 9.80. The summed E-state index contributed by atoms with van der Waals surface area (Å²) in [5, 5.41) is 0.386. The maximum atomic E-state index is 12.0. The Hall–Kier alpha value is -0.670. The van der Waals surface area contributed by atoms with Gasteiger partial charge in [-0.3, -0.25) is 4.79 Å². The van der Waals surface area contributed by atoms with Crippen molar-refractivity contribution in [2.45, 2.75) is 26.2 Å². The van der Waals surface area contributed by atoms with Crippen LogP contribution in [0.4, 0.5) is 0 Å². The van der Waals surface area contributed by atoms with Gasteiger partial charge in [-0.25, -0.2) is 0 Å². The van der Waals surface area contributed by atoms with Gasteiger partial charge in [-0.2, -0.15) is 0 Å². The molecule has 2 nitrogen and oxygen atoms in total. The van der Waals surface area contributed by atoms with Crippen LogP contribution in [0.5, 0.6) is 0 Å². The molecule has 1 aromatic rings. The number of carbonyl (C=O) groups excluding carboxylic acids is 1. The van der Waals surface area contributed by atoms with Gasteiger partial charge in [-0.1, -0.05) is 30.2 Å². The summed E-state index contributed by atoms with van der Waals surface area (Å²) in [5.74, 6) is 0.243. The van der Waals surface area contributed by atoms with E-state index in [0.717, 1.165) is 25.0 Å². The topological polar surface area (TPSA) is 32.9 Å². The molecule has 80 valence electrons. The molecule has 1 fully saturated rings. The highest BCUT2D eigenvalue weighted by atomic mass is 35.5. The molecule has 1 aliphatic carbocycles. The molecule has 15 heavy (non-hydrogen) atoms. The first-order chi connectivity index (χ1) is 7.09. The molecule has 0 aliphatic heterocycles. The fraction of sp³-hybridized carbons (Fsp3) is 0.455. The van der Waals surface area contributed by atoms with E-state index in [-0.39, 0.29) is 11.7 Å². The zero-order valence-corrected chi connectivity index (χ0v) is 10.0. The lowest BCUT2D eigenvalue weighted by Gasteiger charge is -2.24. The number of ketones is 1. The fourth-order valence-corrected chi connectivity index (χ4v) is 2.53. The molecule has 0 amide bonds. The van der Waals surface area contributed by atoms with Crippen LogP contribution in [0, 0.1) is 17.4 Å². The molecule has 0 aromatic carbocycles. The fourth-order valence-electron chi connectivity index (χ4n) is 1.75. The predicted molar refractivity (Wildman–Crippen MR) is 63.0 cm³/mol. The average Bonchev–Trinajstić information content (AvgIpc) is 1.97. The number of Topliss-reactive ketones (excluding diaryl/α,β-unsaturated/α-hetero) is 1. The van der Waals surface area contributed by atoms with Crippen LogP contribution in [0.2, 0.25) is 5.15 Å². The highest BCUT2D eigenvalue weighted by molar-refractivity contribution is 7.71. The lowest BCUT2D eigenvalue weighted by molar-refractivity contribution is 0.0854. The second kappa shape index (κ2) is 4.06. The Kier molecular flexibility index (Phi) is 2.94. The van der Waals surface area contributed by atoms with Crippen LogP contribution < -0.4 is 0 Å². The summed E-state index contributed by atoms with van der Waals surface area (Å²) in [6, 6.07) is 1.78. The number of nitrogens with one attached hydrogen (secondary N) is 1. The summed E-state index contributed by atoms with van der Waals surface area (Å²) >= 11 is 11.2. The van der Waals surface area contributed by atoms with Gasteiger partial charge < -0.3 is 4.98 Å². The van der Waals surface area contributed by atoms with E-state index in [1.165, 1.54) is 0 Å². The maximum absolute atomic E-state index is 12.0. The summed E-state index contributed by atoms with van der Waals surface area (Å²) in [5.41, 5.74) is 1.39. The molecule has 2 rings (SSSR count). The Balaban J connectivity index is 2.43. The number of aryl methyl sites for hydroxylation is 1. The van der Waals surface area contributed by atoms with Crippen molar-refractivity contribution in [1.82, 2.24) is 4.98 Å². The van der Waals surface area contributed by atoms with Gasteiger partial charge in [-0.15, -0.1) is 0 Å². The number of aromatic nitrogens is 1. The summed E-state index contributed by atoms with van der Waals surface area (Å²) in [6.45, 7) is 1.87. The Bertz CT molecular complexity index is 462. The Labute approximate surface area is 98.7 Å². The first kappa shape index (κ1) is 10.8. The van der Waals surface area contributed by atoms with Crippen molar-refractivity contribution >= 4 is 29.6 Å². The smallest absolute Gasteiger partial charge is 0.170 e. The number of rotatable bonds is 2. The van der Waals surface area contributed by atoms with Gasteiger partial charge in [0.2, 0.25) is 0 Å². The van der Waals surface area contributed by atoms with E-state index in [4.69, 9.17) is 23.8 Å². The van der Waals surface area contributed by atoms with Crippen LogP contribution in [-0.4, -0.2) is 10.8 Å². The lowest BCUT2D eigenvalue weighted by Crippen LogP contribution is -2.22. The van der Waals surface area contributed by atoms with E-state index < -0.39 is 0 Å². The molecule has 0 unspecified atom stereocenters. The third kappa shape index (κ3) is 1.99. The van der Waals surface area contributed by atoms with Crippen LogP contribution in [0.3, 0.4) is 0 Å². The van der Waals surface area contributed by atoms with E-state index in [0.29, 0.717) is 15.2 Å². The van der Waals surface area contributed by atoms with Crippen LogP contribution >= 0.6 is 23.8 Å². The normalized spacial score (nSPS) is 16.1. The predicted octanol–water partition coefficient (Wildman–Crippen LogP) is 3.69. The molecule has 4 heteroatoms. The molecule has 0 atom stereocenters. The van der Waals surface area contributed by atoms with Crippen LogP contribution in [0.15, 0.2) is 6.07 Å². The number of hydrogen-bond donors (Lipinski definition) is 1. The number of pyridine rings is 1. The molecule has 1 heterocycles. The first-order valence-electron chi connectivity index (χ1n) is 5.03. The molecule has 0 bridgehead atoms. The van der Waals surface area contributed by atoms with Crippen LogP contribution in [-0.2, 0) is 0 Å². The van der Waals surface area contributed by atoms with Gasteiger partial charge in [0.15, 0.2) is 5.78 Å². The maximum Gasteiger partial charge on any atom is 0.170 e. The monoisotopic (exact) mass is 241 g/mol. The molecule has 1 N–H and O–H groups in total. The van der Waals surface area contributed by atoms with Gasteiger partial charge >= 0.3 is 0 Å². The second-order valence-corrected chi connectivity index (χ2v) is 4.82. The minimum atomic E-state index is 0.104.